The molecule has 0 amide bonds. The number of hydrogen-bond acceptors (Lipinski definition) is 2. The summed E-state index contributed by atoms with van der Waals surface area (Å²) in [6, 6.07) is 12.0. The molecule has 87 valence electrons. The van der Waals surface area contributed by atoms with E-state index in [0.717, 1.165) is 22.8 Å². The summed E-state index contributed by atoms with van der Waals surface area (Å²) in [6.07, 6.45) is 0. The van der Waals surface area contributed by atoms with E-state index in [1.54, 1.807) is 0 Å². The van der Waals surface area contributed by atoms with Gasteiger partial charge in [-0.2, -0.15) is 0 Å². The van der Waals surface area contributed by atoms with E-state index in [-0.39, 0.29) is 0 Å². The lowest BCUT2D eigenvalue weighted by molar-refractivity contribution is 0.649. The monoisotopic (exact) mass is 226 g/mol. The van der Waals surface area contributed by atoms with Gasteiger partial charge in [-0.1, -0.05) is 12.1 Å². The SMILES string of the molecule is Cc1cccc(C[N]Cc2cccc(C)n2)n1. The molecule has 0 saturated carbocycles. The predicted molar refractivity (Wildman–Crippen MR) is 67.5 cm³/mol. The molecule has 17 heavy (non-hydrogen) atoms. The Labute approximate surface area is 102 Å². The lowest BCUT2D eigenvalue weighted by Crippen LogP contribution is -2.08. The molecular weight excluding hydrogens is 210 g/mol. The van der Waals surface area contributed by atoms with Crippen molar-refractivity contribution in [2.75, 3.05) is 0 Å². The molecular formula is C14H16N3. The van der Waals surface area contributed by atoms with Crippen molar-refractivity contribution in [3.05, 3.63) is 59.2 Å². The fourth-order valence-electron chi connectivity index (χ4n) is 1.66. The van der Waals surface area contributed by atoms with E-state index in [1.807, 2.05) is 50.2 Å². The molecule has 0 saturated heterocycles. The molecule has 3 heteroatoms. The minimum atomic E-state index is 0.650. The van der Waals surface area contributed by atoms with Crippen molar-refractivity contribution in [3.63, 3.8) is 0 Å². The van der Waals surface area contributed by atoms with Gasteiger partial charge >= 0.3 is 0 Å². The van der Waals surface area contributed by atoms with Crippen molar-refractivity contribution in [1.29, 1.82) is 0 Å². The maximum absolute atomic E-state index is 4.47. The summed E-state index contributed by atoms with van der Waals surface area (Å²) >= 11 is 0. The third-order valence-electron chi connectivity index (χ3n) is 2.44. The van der Waals surface area contributed by atoms with Gasteiger partial charge in [0.15, 0.2) is 0 Å². The number of aryl methyl sites for hydroxylation is 2. The summed E-state index contributed by atoms with van der Waals surface area (Å²) in [5.41, 5.74) is 4.09. The molecule has 0 aliphatic heterocycles. The predicted octanol–water partition coefficient (Wildman–Crippen LogP) is 2.40. The molecule has 2 rings (SSSR count). The lowest BCUT2D eigenvalue weighted by atomic mass is 10.3. The molecule has 0 unspecified atom stereocenters. The summed E-state index contributed by atoms with van der Waals surface area (Å²) in [6.45, 7) is 5.28. The Morgan fingerprint density at radius 1 is 0.824 bits per heavy atom. The van der Waals surface area contributed by atoms with Gasteiger partial charge in [0.2, 0.25) is 0 Å². The van der Waals surface area contributed by atoms with Crippen LogP contribution in [0.4, 0.5) is 0 Å². The van der Waals surface area contributed by atoms with E-state index < -0.39 is 0 Å². The number of pyridine rings is 2. The Bertz CT molecular complexity index is 449. The first-order valence-electron chi connectivity index (χ1n) is 5.72. The van der Waals surface area contributed by atoms with Gasteiger partial charge < -0.3 is 0 Å². The van der Waals surface area contributed by atoms with Gasteiger partial charge in [-0.05, 0) is 38.1 Å². The van der Waals surface area contributed by atoms with Crippen LogP contribution in [0.1, 0.15) is 22.8 Å². The van der Waals surface area contributed by atoms with Crippen LogP contribution < -0.4 is 5.32 Å². The first kappa shape index (κ1) is 11.7. The van der Waals surface area contributed by atoms with Crippen molar-refractivity contribution in [3.8, 4) is 0 Å². The van der Waals surface area contributed by atoms with Crippen LogP contribution in [0.5, 0.6) is 0 Å². The minimum Gasteiger partial charge on any atom is -0.257 e. The molecule has 0 aromatic carbocycles. The second-order valence-corrected chi connectivity index (χ2v) is 4.08. The van der Waals surface area contributed by atoms with Crippen LogP contribution in [-0.4, -0.2) is 9.97 Å². The first-order chi connectivity index (χ1) is 8.24. The standard InChI is InChI=1S/C14H16N3/c1-11-5-3-7-13(16-11)9-15-10-14-8-4-6-12(2)17-14/h3-8H,9-10H2,1-2H3. The minimum absolute atomic E-state index is 0.650. The highest BCUT2D eigenvalue weighted by atomic mass is 14.9. The highest BCUT2D eigenvalue weighted by Crippen LogP contribution is 2.01. The van der Waals surface area contributed by atoms with Crippen molar-refractivity contribution in [2.45, 2.75) is 26.9 Å². The van der Waals surface area contributed by atoms with Gasteiger partial charge in [0.1, 0.15) is 0 Å². The van der Waals surface area contributed by atoms with Gasteiger partial charge in [0, 0.05) is 11.4 Å². The second-order valence-electron chi connectivity index (χ2n) is 4.08. The Morgan fingerprint density at radius 2 is 1.29 bits per heavy atom. The molecule has 0 aliphatic carbocycles. The van der Waals surface area contributed by atoms with Crippen molar-refractivity contribution in [1.82, 2.24) is 15.3 Å². The molecule has 1 radical (unpaired) electrons. The number of rotatable bonds is 4. The fourth-order valence-corrected chi connectivity index (χ4v) is 1.66. The number of nitrogens with zero attached hydrogens (tertiary/aromatic N) is 3. The summed E-state index contributed by atoms with van der Waals surface area (Å²) in [7, 11) is 0. The summed E-state index contributed by atoms with van der Waals surface area (Å²) in [5.74, 6) is 0. The molecule has 0 bridgehead atoms. The smallest absolute Gasteiger partial charge is 0.0562 e. The van der Waals surface area contributed by atoms with Crippen LogP contribution in [0.2, 0.25) is 0 Å². The van der Waals surface area contributed by atoms with E-state index in [4.69, 9.17) is 0 Å². The molecule has 0 atom stereocenters. The number of hydrogen-bond donors (Lipinski definition) is 0. The molecule has 3 nitrogen and oxygen atoms in total. The van der Waals surface area contributed by atoms with Gasteiger partial charge in [0.25, 0.3) is 0 Å². The van der Waals surface area contributed by atoms with Gasteiger partial charge in [-0.3, -0.25) is 9.97 Å². The second kappa shape index (κ2) is 5.55. The molecule has 0 N–H and O–H groups in total. The maximum Gasteiger partial charge on any atom is 0.0562 e. The third kappa shape index (κ3) is 3.64. The lowest BCUT2D eigenvalue weighted by Gasteiger charge is -2.03. The van der Waals surface area contributed by atoms with Crippen molar-refractivity contribution >= 4 is 0 Å². The normalized spacial score (nSPS) is 10.5. The number of aromatic nitrogens is 2. The summed E-state index contributed by atoms with van der Waals surface area (Å²) in [4.78, 5) is 8.82. The van der Waals surface area contributed by atoms with Crippen LogP contribution in [0.15, 0.2) is 36.4 Å². The Hall–Kier alpha value is -1.74. The Kier molecular flexibility index (Phi) is 3.83. The Morgan fingerprint density at radius 3 is 1.71 bits per heavy atom. The molecule has 0 aliphatic rings. The summed E-state index contributed by atoms with van der Waals surface area (Å²) in [5, 5.41) is 4.47. The van der Waals surface area contributed by atoms with Gasteiger partial charge in [-0.15, -0.1) is 0 Å². The quantitative estimate of drug-likeness (QED) is 0.803. The van der Waals surface area contributed by atoms with Crippen LogP contribution in [-0.2, 0) is 13.1 Å². The van der Waals surface area contributed by atoms with E-state index in [2.05, 4.69) is 15.3 Å². The average Bonchev–Trinajstić information content (AvgIpc) is 2.29. The highest BCUT2D eigenvalue weighted by Gasteiger charge is 1.98. The summed E-state index contributed by atoms with van der Waals surface area (Å²) < 4.78 is 0. The van der Waals surface area contributed by atoms with E-state index in [0.29, 0.717) is 13.1 Å². The molecule has 2 aromatic rings. The zero-order valence-corrected chi connectivity index (χ0v) is 10.2. The van der Waals surface area contributed by atoms with E-state index in [9.17, 15) is 0 Å². The van der Waals surface area contributed by atoms with E-state index in [1.165, 1.54) is 0 Å². The zero-order chi connectivity index (χ0) is 12.1. The molecule has 0 spiro atoms. The van der Waals surface area contributed by atoms with Crippen LogP contribution in [0.3, 0.4) is 0 Å². The zero-order valence-electron chi connectivity index (χ0n) is 10.2. The molecule has 2 aromatic heterocycles. The van der Waals surface area contributed by atoms with Crippen molar-refractivity contribution < 1.29 is 0 Å². The molecule has 2 heterocycles. The van der Waals surface area contributed by atoms with E-state index >= 15 is 0 Å². The molecule has 0 fully saturated rings. The van der Waals surface area contributed by atoms with Crippen LogP contribution in [0.25, 0.3) is 0 Å². The van der Waals surface area contributed by atoms with Crippen LogP contribution in [0, 0.1) is 13.8 Å². The average molecular weight is 226 g/mol. The maximum atomic E-state index is 4.47. The topological polar surface area (TPSA) is 39.9 Å². The van der Waals surface area contributed by atoms with Crippen LogP contribution >= 0.6 is 0 Å². The fraction of sp³-hybridized carbons (Fsp3) is 0.286. The first-order valence-corrected chi connectivity index (χ1v) is 5.72. The van der Waals surface area contributed by atoms with Gasteiger partial charge in [0.05, 0.1) is 24.5 Å². The van der Waals surface area contributed by atoms with Crippen molar-refractivity contribution in [2.24, 2.45) is 0 Å². The van der Waals surface area contributed by atoms with Gasteiger partial charge in [-0.25, -0.2) is 5.32 Å². The largest absolute Gasteiger partial charge is 0.257 e. The highest BCUT2D eigenvalue weighted by molar-refractivity contribution is 5.11. The third-order valence-corrected chi connectivity index (χ3v) is 2.44. The Balaban J connectivity index is 1.87.